The van der Waals surface area contributed by atoms with Gasteiger partial charge in [0, 0.05) is 25.5 Å². The molecule has 10 aliphatic rings. The van der Waals surface area contributed by atoms with E-state index in [1.807, 2.05) is 38.1 Å². The van der Waals surface area contributed by atoms with Crippen molar-refractivity contribution < 1.29 is 43.7 Å². The highest BCUT2D eigenvalue weighted by atomic mass is 33.1. The third-order valence-electron chi connectivity index (χ3n) is 13.5. The molecule has 0 aliphatic carbocycles. The van der Waals surface area contributed by atoms with Crippen LogP contribution in [0.25, 0.3) is 0 Å². The summed E-state index contributed by atoms with van der Waals surface area (Å²) in [5, 5.41) is 30.4. The minimum atomic E-state index is -1.93. The summed E-state index contributed by atoms with van der Waals surface area (Å²) in [4.78, 5) is 86.0. The molecule has 10 heterocycles. The van der Waals surface area contributed by atoms with Crippen molar-refractivity contribution in [2.45, 2.75) is 94.4 Å². The number of carboxylic acids is 1. The Morgan fingerprint density at radius 2 is 1.18 bits per heavy atom. The first-order chi connectivity index (χ1) is 26.2. The predicted molar refractivity (Wildman–Crippen MR) is 205 cm³/mol. The van der Waals surface area contributed by atoms with Crippen molar-refractivity contribution in [3.63, 3.8) is 0 Å². The second kappa shape index (κ2) is 11.0. The minimum Gasteiger partial charge on any atom is -0.481 e. The number of esters is 1. The fraction of sp³-hybridized carbons (Fsp3) is 0.500. The maximum absolute atomic E-state index is 15.3. The molecule has 288 valence electrons. The number of nitrogens with one attached hydrogen (secondary N) is 2. The van der Waals surface area contributed by atoms with Gasteiger partial charge in [-0.2, -0.15) is 0 Å². The zero-order valence-electron chi connectivity index (χ0n) is 29.9. The number of rotatable bonds is 7. The average Bonchev–Trinajstić information content (AvgIpc) is 3.84. The number of aliphatic hydroxyl groups is 1. The standard InChI is InChI=1S/C36H36N6O9S4/c1-5-31-27(47)41-25-33(17-11-7-9-13-19(17)37-25,23(46)35(41,54-52-31)29(49)39(31)3)34-18-12-8-10-14-20(18)38-26(34)42-28(48)32(6-2)40(4)30(50)36(42,55-53-32)24(34)51-22(45)16-15-21(43)44/h7-14,23-26,37-38,46H,5-6,15-16H2,1-4H3,(H,43,44)/t23-,24-,25+,26+,31-,32-,33?,34+,35-,36-/m0/s1. The van der Waals surface area contributed by atoms with Crippen molar-refractivity contribution in [1.29, 1.82) is 0 Å². The molecule has 12 rings (SSSR count). The van der Waals surface area contributed by atoms with Crippen LogP contribution >= 0.6 is 43.2 Å². The summed E-state index contributed by atoms with van der Waals surface area (Å²) in [6.07, 6.45) is -6.20. The fourth-order valence-corrected chi connectivity index (χ4v) is 19.0. The van der Waals surface area contributed by atoms with Crippen LogP contribution in [0.5, 0.6) is 0 Å². The maximum Gasteiger partial charge on any atom is 0.306 e. The molecule has 0 aromatic heterocycles. The maximum atomic E-state index is 15.3. The molecule has 4 N–H and O–H groups in total. The van der Waals surface area contributed by atoms with Gasteiger partial charge >= 0.3 is 11.9 Å². The molecule has 1 unspecified atom stereocenters. The Hall–Kier alpha value is -3.78. The molecule has 2 aromatic carbocycles. The van der Waals surface area contributed by atoms with Crippen LogP contribution in [0.1, 0.15) is 50.7 Å². The van der Waals surface area contributed by atoms with E-state index in [1.54, 1.807) is 38.4 Å². The van der Waals surface area contributed by atoms with E-state index < -0.39 is 97.4 Å². The predicted octanol–water partition coefficient (Wildman–Crippen LogP) is 2.53. The van der Waals surface area contributed by atoms with Crippen LogP contribution in [-0.4, -0.2) is 123 Å². The van der Waals surface area contributed by atoms with Gasteiger partial charge in [0.05, 0.1) is 23.7 Å². The van der Waals surface area contributed by atoms with Crippen LogP contribution in [0.15, 0.2) is 48.5 Å². The van der Waals surface area contributed by atoms with E-state index in [0.717, 1.165) is 21.6 Å². The molecule has 19 heteroatoms. The summed E-state index contributed by atoms with van der Waals surface area (Å²) >= 11 is 0. The van der Waals surface area contributed by atoms with Gasteiger partial charge in [-0.15, -0.1) is 0 Å². The third-order valence-corrected chi connectivity index (χ3v) is 21.0. The number of anilines is 2. The third kappa shape index (κ3) is 3.44. The number of carbonyl (C=O) groups is 6. The van der Waals surface area contributed by atoms with Gasteiger partial charge in [0.1, 0.15) is 18.4 Å². The number of carbonyl (C=O) groups excluding carboxylic acids is 5. The van der Waals surface area contributed by atoms with E-state index in [9.17, 15) is 24.6 Å². The van der Waals surface area contributed by atoms with Crippen molar-refractivity contribution in [3.8, 4) is 0 Å². The summed E-state index contributed by atoms with van der Waals surface area (Å²) in [6, 6.07) is 14.4. The van der Waals surface area contributed by atoms with Crippen LogP contribution in [-0.2, 0) is 44.3 Å². The van der Waals surface area contributed by atoms with Gasteiger partial charge < -0.3 is 35.4 Å². The number of hydrogen-bond acceptors (Lipinski definition) is 14. The number of hydrogen-bond donors (Lipinski definition) is 4. The number of amides is 4. The topological polar surface area (TPSA) is 189 Å². The number of aliphatic carboxylic acids is 1. The number of fused-ring (bicyclic) bond motifs is 11. The second-order valence-corrected chi connectivity index (χ2v) is 20.4. The molecular formula is C36H36N6O9S4. The van der Waals surface area contributed by atoms with Gasteiger partial charge in [0.25, 0.3) is 23.6 Å². The Morgan fingerprint density at radius 1 is 0.709 bits per heavy atom. The largest absolute Gasteiger partial charge is 0.481 e. The lowest BCUT2D eigenvalue weighted by atomic mass is 9.52. The summed E-state index contributed by atoms with van der Waals surface area (Å²) in [5.74, 6) is -3.91. The number of piperazine rings is 2. The van der Waals surface area contributed by atoms with Gasteiger partial charge in [0.15, 0.2) is 15.8 Å². The summed E-state index contributed by atoms with van der Waals surface area (Å²) in [7, 11) is 7.82. The molecule has 10 aliphatic heterocycles. The molecule has 8 saturated heterocycles. The molecule has 2 aromatic rings. The molecule has 0 radical (unpaired) electrons. The molecule has 55 heavy (non-hydrogen) atoms. The lowest BCUT2D eigenvalue weighted by molar-refractivity contribution is -0.174. The van der Waals surface area contributed by atoms with Crippen LogP contribution in [0.2, 0.25) is 0 Å². The number of likely N-dealkylation sites (N-methyl/N-ethyl adjacent to an activating group) is 2. The van der Waals surface area contributed by atoms with E-state index in [1.165, 1.54) is 41.2 Å². The van der Waals surface area contributed by atoms with Crippen LogP contribution in [0.3, 0.4) is 0 Å². The fourth-order valence-electron chi connectivity index (χ4n) is 11.1. The van der Waals surface area contributed by atoms with Crippen molar-refractivity contribution in [2.24, 2.45) is 0 Å². The van der Waals surface area contributed by atoms with E-state index >= 15 is 14.4 Å². The van der Waals surface area contributed by atoms with Crippen LogP contribution in [0, 0.1) is 0 Å². The molecule has 15 nitrogen and oxygen atoms in total. The van der Waals surface area contributed by atoms with Crippen molar-refractivity contribution in [3.05, 3.63) is 59.7 Å². The van der Waals surface area contributed by atoms with Crippen LogP contribution < -0.4 is 10.6 Å². The Morgan fingerprint density at radius 3 is 1.73 bits per heavy atom. The van der Waals surface area contributed by atoms with Gasteiger partial charge in [-0.3, -0.25) is 38.6 Å². The molecule has 0 saturated carbocycles. The zero-order valence-corrected chi connectivity index (χ0v) is 33.2. The van der Waals surface area contributed by atoms with Crippen molar-refractivity contribution >= 4 is 90.1 Å². The Kier molecular flexibility index (Phi) is 7.12. The van der Waals surface area contributed by atoms with Crippen molar-refractivity contribution in [2.75, 3.05) is 24.7 Å². The summed E-state index contributed by atoms with van der Waals surface area (Å²) in [6.45, 7) is 3.66. The Labute approximate surface area is 330 Å². The number of aliphatic hydroxyl groups excluding tert-OH is 1. The summed E-state index contributed by atoms with van der Waals surface area (Å²) < 4.78 is 6.62. The average molecular weight is 825 g/mol. The van der Waals surface area contributed by atoms with E-state index in [0.29, 0.717) is 22.5 Å². The zero-order chi connectivity index (χ0) is 38.8. The van der Waals surface area contributed by atoms with Gasteiger partial charge in [-0.05, 0) is 57.7 Å². The van der Waals surface area contributed by atoms with E-state index in [-0.39, 0.29) is 18.7 Å². The van der Waals surface area contributed by atoms with E-state index in [4.69, 9.17) is 4.74 Å². The number of para-hydroxylation sites is 2. The number of ether oxygens (including phenoxy) is 1. The number of carboxylic acid groups (broad SMARTS) is 1. The first-order valence-corrected chi connectivity index (χ1v) is 22.3. The van der Waals surface area contributed by atoms with Gasteiger partial charge in [-0.1, -0.05) is 71.8 Å². The lowest BCUT2D eigenvalue weighted by Gasteiger charge is -2.59. The molecular weight excluding hydrogens is 789 g/mol. The molecule has 4 bridgehead atoms. The second-order valence-electron chi connectivity index (χ2n) is 15.2. The molecule has 8 fully saturated rings. The highest BCUT2D eigenvalue weighted by Crippen LogP contribution is 2.79. The normalized spacial score (nSPS) is 41.0. The first kappa shape index (κ1) is 35.6. The van der Waals surface area contributed by atoms with Crippen molar-refractivity contribution in [1.82, 2.24) is 19.6 Å². The summed E-state index contributed by atoms with van der Waals surface area (Å²) in [5.41, 5.74) is -1.48. The number of nitrogens with zero attached hydrogens (tertiary/aromatic N) is 4. The van der Waals surface area contributed by atoms with Gasteiger partial charge in [0.2, 0.25) is 9.74 Å². The lowest BCUT2D eigenvalue weighted by Crippen LogP contribution is -2.78. The highest BCUT2D eigenvalue weighted by Gasteiger charge is 2.94. The Bertz CT molecular complexity index is 2200. The highest BCUT2D eigenvalue weighted by molar-refractivity contribution is 8.78. The monoisotopic (exact) mass is 824 g/mol. The minimum absolute atomic E-state index is 0.258. The number of benzene rings is 2. The molecule has 2 spiro atoms. The first-order valence-electron chi connectivity index (χ1n) is 18.0. The van der Waals surface area contributed by atoms with E-state index in [2.05, 4.69) is 10.6 Å². The quantitative estimate of drug-likeness (QED) is 0.235. The SMILES string of the molecule is CC[C@@]12SS[C@]3(C(=O)N1C)[C@@H](O)C1([C@@]45c6ccccc6N[C@@H]4N4C(=O)[C@]6(CC)SS[C@]4(C(=O)N6C)[C@H]5OC(=O)CCC(=O)O)c4ccccc4N[C@@H]1N3C2=O. The molecule has 10 atom stereocenters. The van der Waals surface area contributed by atoms with Gasteiger partial charge in [-0.25, -0.2) is 0 Å². The molecule has 4 amide bonds. The smallest absolute Gasteiger partial charge is 0.306 e. The van der Waals surface area contributed by atoms with Crippen LogP contribution in [0.4, 0.5) is 11.4 Å². The Balaban J connectivity index is 1.34.